The van der Waals surface area contributed by atoms with E-state index in [1.54, 1.807) is 31.4 Å². The van der Waals surface area contributed by atoms with Crippen molar-refractivity contribution in [1.82, 2.24) is 4.90 Å². The highest BCUT2D eigenvalue weighted by atomic mass is 32.1. The number of rotatable bonds is 6. The van der Waals surface area contributed by atoms with Crippen molar-refractivity contribution in [3.8, 4) is 11.5 Å². The van der Waals surface area contributed by atoms with Crippen LogP contribution in [-0.4, -0.2) is 35.9 Å². The second-order valence-electron chi connectivity index (χ2n) is 7.03. The minimum Gasteiger partial charge on any atom is -0.507 e. The maximum absolute atomic E-state index is 13.0. The number of nitrogens with zero attached hydrogens (tertiary/aromatic N) is 1. The number of aliphatic hydroxyl groups excluding tert-OH is 1. The topological polar surface area (TPSA) is 76.1 Å². The molecular formula is C24H21NO5S. The lowest BCUT2D eigenvalue weighted by atomic mass is 9.99. The fourth-order valence-electron chi connectivity index (χ4n) is 3.68. The van der Waals surface area contributed by atoms with Gasteiger partial charge in [0, 0.05) is 17.0 Å². The minimum atomic E-state index is -0.707. The lowest BCUT2D eigenvalue weighted by Crippen LogP contribution is -2.28. The quantitative estimate of drug-likeness (QED) is 0.353. The normalized spacial score (nSPS) is 17.7. The Morgan fingerprint density at radius 2 is 1.71 bits per heavy atom. The van der Waals surface area contributed by atoms with E-state index in [9.17, 15) is 14.7 Å². The molecular weight excluding hydrogens is 414 g/mol. The maximum atomic E-state index is 13.0. The zero-order chi connectivity index (χ0) is 22.0. The van der Waals surface area contributed by atoms with Crippen LogP contribution >= 0.6 is 11.3 Å². The third-order valence-corrected chi connectivity index (χ3v) is 6.11. The molecule has 31 heavy (non-hydrogen) atoms. The molecule has 7 heteroatoms. The number of aliphatic hydroxyl groups is 1. The smallest absolute Gasteiger partial charge is 0.295 e. The molecule has 1 atom stereocenters. The van der Waals surface area contributed by atoms with Crippen LogP contribution < -0.4 is 9.47 Å². The molecule has 1 aliphatic heterocycles. The Bertz CT molecular complexity index is 1150. The molecule has 0 aliphatic carbocycles. The molecule has 1 fully saturated rings. The Kier molecular flexibility index (Phi) is 5.77. The van der Waals surface area contributed by atoms with Crippen LogP contribution in [0.2, 0.25) is 0 Å². The lowest BCUT2D eigenvalue weighted by Gasteiger charge is -2.24. The van der Waals surface area contributed by atoms with Gasteiger partial charge in [-0.1, -0.05) is 30.3 Å². The summed E-state index contributed by atoms with van der Waals surface area (Å²) in [4.78, 5) is 28.4. The summed E-state index contributed by atoms with van der Waals surface area (Å²) in [5, 5.41) is 13.0. The predicted molar refractivity (Wildman–Crippen MR) is 118 cm³/mol. The van der Waals surface area contributed by atoms with E-state index >= 15 is 0 Å². The number of benzene rings is 2. The van der Waals surface area contributed by atoms with Gasteiger partial charge < -0.3 is 19.5 Å². The van der Waals surface area contributed by atoms with Crippen LogP contribution in [0, 0.1) is 0 Å². The first-order chi connectivity index (χ1) is 15.0. The van der Waals surface area contributed by atoms with E-state index in [-0.39, 0.29) is 17.9 Å². The average molecular weight is 436 g/mol. The first-order valence-corrected chi connectivity index (χ1v) is 10.5. The van der Waals surface area contributed by atoms with Crippen molar-refractivity contribution in [2.24, 2.45) is 0 Å². The Labute approximate surface area is 184 Å². The number of ketones is 1. The van der Waals surface area contributed by atoms with Crippen molar-refractivity contribution in [3.05, 3.63) is 87.6 Å². The predicted octanol–water partition coefficient (Wildman–Crippen LogP) is 4.39. The molecule has 6 nitrogen and oxygen atoms in total. The highest BCUT2D eigenvalue weighted by Gasteiger charge is 2.46. The summed E-state index contributed by atoms with van der Waals surface area (Å²) in [6.45, 7) is 0.208. The summed E-state index contributed by atoms with van der Waals surface area (Å²) < 4.78 is 10.5. The number of thiophene rings is 1. The Balaban J connectivity index is 1.81. The van der Waals surface area contributed by atoms with E-state index in [1.165, 1.54) is 23.3 Å². The number of ether oxygens (including phenoxy) is 2. The van der Waals surface area contributed by atoms with Gasteiger partial charge in [0.25, 0.3) is 11.7 Å². The summed E-state index contributed by atoms with van der Waals surface area (Å²) >= 11 is 1.43. The van der Waals surface area contributed by atoms with E-state index in [0.29, 0.717) is 17.1 Å². The van der Waals surface area contributed by atoms with E-state index in [4.69, 9.17) is 9.47 Å². The molecule has 158 valence electrons. The van der Waals surface area contributed by atoms with E-state index in [1.807, 2.05) is 41.8 Å². The molecule has 1 saturated heterocycles. The van der Waals surface area contributed by atoms with Gasteiger partial charge in [0.1, 0.15) is 17.3 Å². The van der Waals surface area contributed by atoms with Gasteiger partial charge in [0.2, 0.25) is 0 Å². The molecule has 1 amide bonds. The third-order valence-electron chi connectivity index (χ3n) is 5.18. The van der Waals surface area contributed by atoms with Crippen LogP contribution in [-0.2, 0) is 16.1 Å². The van der Waals surface area contributed by atoms with Gasteiger partial charge in [-0.15, -0.1) is 11.3 Å². The standard InChI is InChI=1S/C24H21NO5S/c1-29-17-8-3-6-15(12-17)14-25-21(19-10-5-11-31-19)20(23(27)24(25)28)22(26)16-7-4-9-18(13-16)30-2/h3-13,21,26H,14H2,1-2H3/b22-20-. The second-order valence-corrected chi connectivity index (χ2v) is 8.01. The van der Waals surface area contributed by atoms with Gasteiger partial charge in [0.05, 0.1) is 25.8 Å². The summed E-state index contributed by atoms with van der Waals surface area (Å²) in [7, 11) is 3.10. The fraction of sp³-hybridized carbons (Fsp3) is 0.167. The van der Waals surface area contributed by atoms with Crippen molar-refractivity contribution in [2.45, 2.75) is 12.6 Å². The summed E-state index contributed by atoms with van der Waals surface area (Å²) in [5.74, 6) is -0.364. The summed E-state index contributed by atoms with van der Waals surface area (Å²) in [5.41, 5.74) is 1.31. The Morgan fingerprint density at radius 1 is 1.00 bits per heavy atom. The van der Waals surface area contributed by atoms with Gasteiger partial charge in [0.15, 0.2) is 0 Å². The molecule has 0 spiro atoms. The fourth-order valence-corrected chi connectivity index (χ4v) is 4.52. The monoisotopic (exact) mass is 435 g/mol. The summed E-state index contributed by atoms with van der Waals surface area (Å²) in [6, 6.07) is 17.2. The first kappa shape index (κ1) is 20.7. The molecule has 1 unspecified atom stereocenters. The van der Waals surface area contributed by atoms with Gasteiger partial charge in [-0.2, -0.15) is 0 Å². The highest BCUT2D eigenvalue weighted by Crippen LogP contribution is 2.42. The number of amides is 1. The summed E-state index contributed by atoms with van der Waals surface area (Å²) in [6.07, 6.45) is 0. The van der Waals surface area contributed by atoms with Crippen molar-refractivity contribution < 1.29 is 24.2 Å². The van der Waals surface area contributed by atoms with Crippen molar-refractivity contribution in [2.75, 3.05) is 14.2 Å². The van der Waals surface area contributed by atoms with Crippen LogP contribution in [0.1, 0.15) is 22.0 Å². The molecule has 0 saturated carbocycles. The molecule has 1 aromatic heterocycles. The number of hydrogen-bond acceptors (Lipinski definition) is 6. The van der Waals surface area contributed by atoms with E-state index in [0.717, 1.165) is 10.4 Å². The zero-order valence-electron chi connectivity index (χ0n) is 17.1. The van der Waals surface area contributed by atoms with Crippen LogP contribution in [0.25, 0.3) is 5.76 Å². The number of carbonyl (C=O) groups is 2. The van der Waals surface area contributed by atoms with Crippen molar-refractivity contribution >= 4 is 28.8 Å². The molecule has 2 heterocycles. The number of Topliss-reactive ketones (excluding diaryl/α,β-unsaturated/α-hetero) is 1. The molecule has 4 rings (SSSR count). The van der Waals surface area contributed by atoms with Gasteiger partial charge in [-0.3, -0.25) is 9.59 Å². The lowest BCUT2D eigenvalue weighted by molar-refractivity contribution is -0.140. The third kappa shape index (κ3) is 3.92. The van der Waals surface area contributed by atoms with Gasteiger partial charge >= 0.3 is 0 Å². The van der Waals surface area contributed by atoms with Crippen LogP contribution in [0.4, 0.5) is 0 Å². The van der Waals surface area contributed by atoms with E-state index < -0.39 is 17.7 Å². The number of methoxy groups -OCH3 is 2. The highest BCUT2D eigenvalue weighted by molar-refractivity contribution is 7.10. The number of carbonyl (C=O) groups excluding carboxylic acids is 2. The molecule has 1 N–H and O–H groups in total. The average Bonchev–Trinajstić information content (AvgIpc) is 3.41. The largest absolute Gasteiger partial charge is 0.507 e. The van der Waals surface area contributed by atoms with Gasteiger partial charge in [-0.05, 0) is 41.3 Å². The SMILES string of the molecule is COc1cccc(CN2C(=O)C(=O)/C(=C(\O)c3cccc(OC)c3)C2c2cccs2)c1. The van der Waals surface area contributed by atoms with Gasteiger partial charge in [-0.25, -0.2) is 0 Å². The second kappa shape index (κ2) is 8.65. The molecule has 0 radical (unpaired) electrons. The molecule has 0 bridgehead atoms. The minimum absolute atomic E-state index is 0.0728. The Hall–Kier alpha value is -3.58. The van der Waals surface area contributed by atoms with Crippen molar-refractivity contribution in [1.29, 1.82) is 0 Å². The maximum Gasteiger partial charge on any atom is 0.295 e. The molecule has 3 aromatic rings. The Morgan fingerprint density at radius 3 is 2.39 bits per heavy atom. The van der Waals surface area contributed by atoms with Crippen LogP contribution in [0.15, 0.2) is 71.6 Å². The number of likely N-dealkylation sites (tertiary alicyclic amines) is 1. The van der Waals surface area contributed by atoms with Crippen molar-refractivity contribution in [3.63, 3.8) is 0 Å². The van der Waals surface area contributed by atoms with Crippen LogP contribution in [0.5, 0.6) is 11.5 Å². The van der Waals surface area contributed by atoms with Crippen LogP contribution in [0.3, 0.4) is 0 Å². The first-order valence-electron chi connectivity index (χ1n) is 9.62. The van der Waals surface area contributed by atoms with E-state index in [2.05, 4.69) is 0 Å². The molecule has 1 aliphatic rings. The zero-order valence-corrected chi connectivity index (χ0v) is 17.9. The molecule has 2 aromatic carbocycles. The number of hydrogen-bond donors (Lipinski definition) is 1.